The zero-order valence-corrected chi connectivity index (χ0v) is 19.2. The quantitative estimate of drug-likeness (QED) is 0.578. The highest BCUT2D eigenvalue weighted by Crippen LogP contribution is 2.38. The Labute approximate surface area is 184 Å². The first-order chi connectivity index (χ1) is 14.7. The largest absolute Gasteiger partial charge is 0.464 e. The predicted octanol–water partition coefficient (Wildman–Crippen LogP) is 3.94. The zero-order valence-electron chi connectivity index (χ0n) is 17.5. The van der Waals surface area contributed by atoms with E-state index in [4.69, 9.17) is 9.15 Å². The van der Waals surface area contributed by atoms with E-state index in [0.29, 0.717) is 15.4 Å². The fraction of sp³-hybridized carbons (Fsp3) is 0.364. The Hall–Kier alpha value is -2.65. The second kappa shape index (κ2) is 8.12. The summed E-state index contributed by atoms with van der Waals surface area (Å²) in [5.41, 5.74) is 4.61. The number of thiophene rings is 1. The van der Waals surface area contributed by atoms with Gasteiger partial charge in [-0.3, -0.25) is 4.79 Å². The van der Waals surface area contributed by atoms with Gasteiger partial charge in [-0.1, -0.05) is 0 Å². The highest BCUT2D eigenvalue weighted by molar-refractivity contribution is 7.90. The Morgan fingerprint density at radius 1 is 1.23 bits per heavy atom. The number of fused-ring (bicyclic) bond motifs is 2. The lowest BCUT2D eigenvalue weighted by Crippen LogP contribution is -2.20. The molecule has 0 bridgehead atoms. The van der Waals surface area contributed by atoms with Gasteiger partial charge >= 0.3 is 5.97 Å². The lowest BCUT2D eigenvalue weighted by Gasteiger charge is -2.13. The van der Waals surface area contributed by atoms with Crippen LogP contribution in [0.5, 0.6) is 0 Å². The van der Waals surface area contributed by atoms with E-state index in [9.17, 15) is 18.0 Å². The van der Waals surface area contributed by atoms with Crippen molar-refractivity contribution in [2.45, 2.75) is 39.4 Å². The zero-order chi connectivity index (χ0) is 22.3. The lowest BCUT2D eigenvalue weighted by molar-refractivity contribution is -0.115. The summed E-state index contributed by atoms with van der Waals surface area (Å²) in [7, 11) is -3.21. The summed E-state index contributed by atoms with van der Waals surface area (Å²) in [6.07, 6.45) is 1.88. The van der Waals surface area contributed by atoms with Crippen LogP contribution < -0.4 is 5.32 Å². The van der Waals surface area contributed by atoms with Gasteiger partial charge in [0.2, 0.25) is 5.91 Å². The number of furan rings is 1. The molecule has 164 valence electrons. The Morgan fingerprint density at radius 3 is 2.71 bits per heavy atom. The molecule has 3 aromatic rings. The number of carbonyl (C=O) groups is 2. The van der Waals surface area contributed by atoms with Crippen LogP contribution in [0.25, 0.3) is 11.0 Å². The average molecular weight is 462 g/mol. The maximum Gasteiger partial charge on any atom is 0.341 e. The van der Waals surface area contributed by atoms with Crippen LogP contribution in [0.1, 0.15) is 44.4 Å². The summed E-state index contributed by atoms with van der Waals surface area (Å²) < 4.78 is 34.8. The third kappa shape index (κ3) is 4.24. The van der Waals surface area contributed by atoms with Gasteiger partial charge in [-0.25, -0.2) is 13.2 Å². The highest BCUT2D eigenvalue weighted by Gasteiger charge is 2.32. The second-order valence-corrected chi connectivity index (χ2v) is 11.0. The van der Waals surface area contributed by atoms with E-state index < -0.39 is 15.8 Å². The number of rotatable bonds is 5. The van der Waals surface area contributed by atoms with E-state index in [1.165, 1.54) is 0 Å². The van der Waals surface area contributed by atoms with E-state index in [1.54, 1.807) is 13.2 Å². The number of hydrogen-bond acceptors (Lipinski definition) is 7. The van der Waals surface area contributed by atoms with E-state index in [0.717, 1.165) is 39.0 Å². The second-order valence-electron chi connectivity index (χ2n) is 7.69. The first-order valence-corrected chi connectivity index (χ1v) is 12.6. The van der Waals surface area contributed by atoms with E-state index in [2.05, 4.69) is 5.32 Å². The van der Waals surface area contributed by atoms with Crippen molar-refractivity contribution in [3.05, 3.63) is 51.1 Å². The standard InChI is InChI=1S/C22H23NO6S2/c1-4-28-22(25)20-15-5-6-31(26,27)11-18(15)30-21(20)23-19(24)9-14-10-29-17-8-13(3)12(2)7-16(14)17/h7-8,10H,4-6,9,11H2,1-3H3,(H,23,24). The minimum absolute atomic E-state index is 0.0176. The first-order valence-electron chi connectivity index (χ1n) is 9.97. The van der Waals surface area contributed by atoms with Gasteiger partial charge in [0.1, 0.15) is 10.6 Å². The number of nitrogens with one attached hydrogen (secondary N) is 1. The molecule has 3 heterocycles. The number of hydrogen-bond donors (Lipinski definition) is 1. The van der Waals surface area contributed by atoms with Crippen molar-refractivity contribution in [3.8, 4) is 0 Å². The molecule has 0 saturated carbocycles. The number of anilines is 1. The Morgan fingerprint density at radius 2 is 1.97 bits per heavy atom. The molecule has 0 spiro atoms. The van der Waals surface area contributed by atoms with Gasteiger partial charge in [0.15, 0.2) is 9.84 Å². The third-order valence-electron chi connectivity index (χ3n) is 5.46. The minimum Gasteiger partial charge on any atom is -0.464 e. The molecule has 0 fully saturated rings. The number of carbonyl (C=O) groups excluding carboxylic acids is 2. The topological polar surface area (TPSA) is 103 Å². The molecule has 0 saturated heterocycles. The van der Waals surface area contributed by atoms with Crippen molar-refractivity contribution >= 4 is 49.0 Å². The van der Waals surface area contributed by atoms with Gasteiger partial charge in [0.05, 0.1) is 36.4 Å². The van der Waals surface area contributed by atoms with Crippen LogP contribution >= 0.6 is 11.3 Å². The van der Waals surface area contributed by atoms with E-state index >= 15 is 0 Å². The van der Waals surface area contributed by atoms with Gasteiger partial charge in [-0.05, 0) is 56.0 Å². The Bertz CT molecular complexity index is 1300. The van der Waals surface area contributed by atoms with Gasteiger partial charge in [-0.2, -0.15) is 0 Å². The average Bonchev–Trinajstić information content (AvgIpc) is 3.22. The van der Waals surface area contributed by atoms with Crippen LogP contribution in [0.2, 0.25) is 0 Å². The molecule has 9 heteroatoms. The maximum absolute atomic E-state index is 12.8. The molecule has 1 amide bonds. The molecule has 0 unspecified atom stereocenters. The maximum atomic E-state index is 12.8. The highest BCUT2D eigenvalue weighted by atomic mass is 32.2. The van der Waals surface area contributed by atoms with Crippen molar-refractivity contribution in [2.75, 3.05) is 17.7 Å². The normalized spacial score (nSPS) is 14.9. The monoisotopic (exact) mass is 461 g/mol. The number of aryl methyl sites for hydroxylation is 2. The molecule has 4 rings (SSSR count). The van der Waals surface area contributed by atoms with Crippen molar-refractivity contribution in [3.63, 3.8) is 0 Å². The molecule has 2 aromatic heterocycles. The van der Waals surface area contributed by atoms with Crippen LogP contribution in [0.3, 0.4) is 0 Å². The summed E-state index contributed by atoms with van der Waals surface area (Å²) in [5, 5.41) is 4.02. The van der Waals surface area contributed by atoms with Gasteiger partial charge < -0.3 is 14.5 Å². The summed E-state index contributed by atoms with van der Waals surface area (Å²) in [6.45, 7) is 5.89. The van der Waals surface area contributed by atoms with Crippen LogP contribution in [-0.4, -0.2) is 32.7 Å². The SMILES string of the molecule is CCOC(=O)c1c(NC(=O)Cc2coc3cc(C)c(C)cc23)sc2c1CCS(=O)(=O)C2. The van der Waals surface area contributed by atoms with Gasteiger partial charge in [0, 0.05) is 15.8 Å². The smallest absolute Gasteiger partial charge is 0.341 e. The van der Waals surface area contributed by atoms with Crippen LogP contribution in [0, 0.1) is 13.8 Å². The lowest BCUT2D eigenvalue weighted by atomic mass is 10.0. The molecule has 0 atom stereocenters. The predicted molar refractivity (Wildman–Crippen MR) is 119 cm³/mol. The molecule has 1 aliphatic heterocycles. The molecule has 0 aliphatic carbocycles. The van der Waals surface area contributed by atoms with Crippen molar-refractivity contribution < 1.29 is 27.2 Å². The number of esters is 1. The number of benzene rings is 1. The van der Waals surface area contributed by atoms with Gasteiger partial charge in [-0.15, -0.1) is 11.3 Å². The van der Waals surface area contributed by atoms with E-state index in [-0.39, 0.29) is 42.4 Å². The summed E-state index contributed by atoms with van der Waals surface area (Å²) in [6, 6.07) is 3.94. The molecule has 1 N–H and O–H groups in total. The Kier molecular flexibility index (Phi) is 5.65. The third-order valence-corrected chi connectivity index (χ3v) is 8.34. The summed E-state index contributed by atoms with van der Waals surface area (Å²) in [5.74, 6) is -1.00. The van der Waals surface area contributed by atoms with Crippen molar-refractivity contribution in [2.24, 2.45) is 0 Å². The summed E-state index contributed by atoms with van der Waals surface area (Å²) >= 11 is 1.13. The number of sulfone groups is 1. The van der Waals surface area contributed by atoms with Crippen LogP contribution in [0.4, 0.5) is 5.00 Å². The first kappa shape index (κ1) is 21.6. The minimum atomic E-state index is -3.21. The van der Waals surface area contributed by atoms with Crippen LogP contribution in [0.15, 0.2) is 22.8 Å². The number of ether oxygens (including phenoxy) is 1. The molecule has 1 aromatic carbocycles. The molecule has 0 radical (unpaired) electrons. The van der Waals surface area contributed by atoms with Gasteiger partial charge in [0.25, 0.3) is 0 Å². The van der Waals surface area contributed by atoms with Crippen molar-refractivity contribution in [1.82, 2.24) is 0 Å². The molecule has 7 nitrogen and oxygen atoms in total. The number of amides is 1. The van der Waals surface area contributed by atoms with E-state index in [1.807, 2.05) is 26.0 Å². The molecule has 1 aliphatic rings. The molecular formula is C22H23NO6S2. The fourth-order valence-corrected chi connectivity index (χ4v) is 6.80. The molecular weight excluding hydrogens is 438 g/mol. The Balaban J connectivity index is 1.63. The fourth-order valence-electron chi connectivity index (χ4n) is 3.75. The van der Waals surface area contributed by atoms with Crippen LogP contribution in [-0.2, 0) is 38.0 Å². The van der Waals surface area contributed by atoms with Crippen molar-refractivity contribution in [1.29, 1.82) is 0 Å². The molecule has 31 heavy (non-hydrogen) atoms. The summed E-state index contributed by atoms with van der Waals surface area (Å²) in [4.78, 5) is 26.0.